The Balaban J connectivity index is 1.67. The van der Waals surface area contributed by atoms with Crippen molar-refractivity contribution in [1.29, 1.82) is 0 Å². The van der Waals surface area contributed by atoms with E-state index in [0.29, 0.717) is 10.6 Å². The average molecular weight is 413 g/mol. The van der Waals surface area contributed by atoms with E-state index in [9.17, 15) is 12.8 Å². The SMILES string of the molecule is CS(=O)(=O)c1ccc(CSc2nc3ccccn3c2-c2ccc(F)cc2)cc1. The van der Waals surface area contributed by atoms with Crippen LogP contribution in [0, 0.1) is 5.82 Å². The molecule has 0 radical (unpaired) electrons. The topological polar surface area (TPSA) is 51.4 Å². The lowest BCUT2D eigenvalue weighted by Crippen LogP contribution is -1.96. The van der Waals surface area contributed by atoms with Crippen molar-refractivity contribution >= 4 is 27.2 Å². The van der Waals surface area contributed by atoms with Crippen molar-refractivity contribution in [2.24, 2.45) is 0 Å². The van der Waals surface area contributed by atoms with Crippen molar-refractivity contribution in [2.45, 2.75) is 15.7 Å². The molecular weight excluding hydrogens is 395 g/mol. The first-order valence-corrected chi connectivity index (χ1v) is 11.4. The predicted octanol–water partition coefficient (Wildman–Crippen LogP) is 4.84. The van der Waals surface area contributed by atoms with Crippen molar-refractivity contribution in [3.63, 3.8) is 0 Å². The van der Waals surface area contributed by atoms with E-state index in [0.717, 1.165) is 27.5 Å². The summed E-state index contributed by atoms with van der Waals surface area (Å²) in [5.41, 5.74) is 3.61. The van der Waals surface area contributed by atoms with Gasteiger partial charge in [-0.2, -0.15) is 0 Å². The van der Waals surface area contributed by atoms with Crippen LogP contribution >= 0.6 is 11.8 Å². The molecule has 0 saturated heterocycles. The summed E-state index contributed by atoms with van der Waals surface area (Å²) in [6.07, 6.45) is 3.13. The summed E-state index contributed by atoms with van der Waals surface area (Å²) in [6.45, 7) is 0. The molecule has 0 aliphatic rings. The van der Waals surface area contributed by atoms with Crippen LogP contribution in [0.3, 0.4) is 0 Å². The summed E-state index contributed by atoms with van der Waals surface area (Å²) >= 11 is 1.56. The number of hydrogen-bond donors (Lipinski definition) is 0. The Morgan fingerprint density at radius 1 is 1.00 bits per heavy atom. The fourth-order valence-corrected chi connectivity index (χ4v) is 4.57. The zero-order chi connectivity index (χ0) is 19.7. The van der Waals surface area contributed by atoms with Gasteiger partial charge in [0.15, 0.2) is 9.84 Å². The average Bonchev–Trinajstić information content (AvgIpc) is 3.05. The molecule has 28 heavy (non-hydrogen) atoms. The summed E-state index contributed by atoms with van der Waals surface area (Å²) in [5.74, 6) is 0.361. The zero-order valence-corrected chi connectivity index (χ0v) is 16.7. The van der Waals surface area contributed by atoms with Gasteiger partial charge in [0.2, 0.25) is 0 Å². The molecule has 0 amide bonds. The molecular formula is C21H17FN2O2S2. The van der Waals surface area contributed by atoms with Gasteiger partial charge in [-0.1, -0.05) is 30.0 Å². The number of nitrogens with zero attached hydrogens (tertiary/aromatic N) is 2. The second-order valence-electron chi connectivity index (χ2n) is 6.41. The van der Waals surface area contributed by atoms with Gasteiger partial charge in [0.25, 0.3) is 0 Å². The van der Waals surface area contributed by atoms with Gasteiger partial charge in [-0.15, -0.1) is 0 Å². The van der Waals surface area contributed by atoms with E-state index in [1.54, 1.807) is 36.0 Å². The molecule has 4 rings (SSSR count). The number of thioether (sulfide) groups is 1. The highest BCUT2D eigenvalue weighted by molar-refractivity contribution is 7.98. The van der Waals surface area contributed by atoms with Gasteiger partial charge in [-0.3, -0.25) is 4.40 Å². The molecule has 2 aromatic carbocycles. The molecule has 0 aliphatic heterocycles. The minimum absolute atomic E-state index is 0.280. The molecule has 0 aliphatic carbocycles. The summed E-state index contributed by atoms with van der Waals surface area (Å²) in [4.78, 5) is 5.03. The van der Waals surface area contributed by atoms with Crippen molar-refractivity contribution in [3.8, 4) is 11.3 Å². The number of pyridine rings is 1. The normalized spacial score (nSPS) is 11.8. The number of imidazole rings is 1. The van der Waals surface area contributed by atoms with Crippen molar-refractivity contribution in [1.82, 2.24) is 9.38 Å². The van der Waals surface area contributed by atoms with E-state index < -0.39 is 9.84 Å². The van der Waals surface area contributed by atoms with Crippen LogP contribution < -0.4 is 0 Å². The van der Waals surface area contributed by atoms with E-state index in [2.05, 4.69) is 0 Å². The molecule has 2 heterocycles. The highest BCUT2D eigenvalue weighted by Crippen LogP contribution is 2.34. The third kappa shape index (κ3) is 3.81. The van der Waals surface area contributed by atoms with E-state index in [1.165, 1.54) is 18.4 Å². The third-order valence-corrected chi connectivity index (χ3v) is 6.51. The third-order valence-electron chi connectivity index (χ3n) is 4.34. The molecule has 0 atom stereocenters. The second kappa shape index (κ2) is 7.41. The molecule has 4 aromatic rings. The highest BCUT2D eigenvalue weighted by Gasteiger charge is 2.15. The van der Waals surface area contributed by atoms with Crippen LogP contribution in [0.1, 0.15) is 5.56 Å². The van der Waals surface area contributed by atoms with Crippen LogP contribution in [0.2, 0.25) is 0 Å². The maximum atomic E-state index is 13.4. The lowest BCUT2D eigenvalue weighted by Gasteiger charge is -2.06. The Kier molecular flexibility index (Phi) is 4.95. The van der Waals surface area contributed by atoms with Gasteiger partial charge in [-0.05, 0) is 54.1 Å². The predicted molar refractivity (Wildman–Crippen MR) is 110 cm³/mol. The lowest BCUT2D eigenvalue weighted by atomic mass is 10.1. The maximum Gasteiger partial charge on any atom is 0.175 e. The van der Waals surface area contributed by atoms with E-state index in [1.807, 2.05) is 40.9 Å². The minimum atomic E-state index is -3.20. The first-order valence-electron chi connectivity index (χ1n) is 8.57. The zero-order valence-electron chi connectivity index (χ0n) is 15.0. The Labute approximate surface area is 167 Å². The lowest BCUT2D eigenvalue weighted by molar-refractivity contribution is 0.602. The van der Waals surface area contributed by atoms with Crippen LogP contribution in [-0.4, -0.2) is 24.1 Å². The maximum absolute atomic E-state index is 13.4. The quantitative estimate of drug-likeness (QED) is 0.440. The molecule has 4 nitrogen and oxygen atoms in total. The monoisotopic (exact) mass is 412 g/mol. The fourth-order valence-electron chi connectivity index (χ4n) is 2.93. The second-order valence-corrected chi connectivity index (χ2v) is 9.39. The van der Waals surface area contributed by atoms with Gasteiger partial charge < -0.3 is 0 Å². The van der Waals surface area contributed by atoms with E-state index in [-0.39, 0.29) is 5.82 Å². The molecule has 0 saturated carbocycles. The summed E-state index contributed by atoms with van der Waals surface area (Å²) in [7, 11) is -3.20. The van der Waals surface area contributed by atoms with Gasteiger partial charge in [0, 0.05) is 23.8 Å². The highest BCUT2D eigenvalue weighted by atomic mass is 32.2. The number of halogens is 1. The molecule has 142 valence electrons. The Morgan fingerprint density at radius 2 is 1.71 bits per heavy atom. The molecule has 0 spiro atoms. The standard InChI is InChI=1S/C21H17FN2O2S2/c1-28(25,26)18-11-5-15(6-12-18)14-27-21-20(16-7-9-17(22)10-8-16)24-13-3-2-4-19(24)23-21/h2-13H,14H2,1H3. The van der Waals surface area contributed by atoms with Gasteiger partial charge in [0.1, 0.15) is 16.5 Å². The number of benzene rings is 2. The Bertz CT molecular complexity index is 1230. The van der Waals surface area contributed by atoms with Gasteiger partial charge in [-0.25, -0.2) is 17.8 Å². The first kappa shape index (κ1) is 18.7. The van der Waals surface area contributed by atoms with Crippen LogP contribution in [0.25, 0.3) is 16.9 Å². The fraction of sp³-hybridized carbons (Fsp3) is 0.0952. The van der Waals surface area contributed by atoms with E-state index in [4.69, 9.17) is 4.98 Å². The molecule has 0 N–H and O–H groups in total. The van der Waals surface area contributed by atoms with Crippen molar-refractivity contribution in [2.75, 3.05) is 6.26 Å². The van der Waals surface area contributed by atoms with Gasteiger partial charge in [0.05, 0.1) is 10.6 Å². The van der Waals surface area contributed by atoms with Crippen LogP contribution in [0.15, 0.2) is 82.8 Å². The summed E-state index contributed by atoms with van der Waals surface area (Å²) < 4.78 is 38.6. The largest absolute Gasteiger partial charge is 0.298 e. The molecule has 2 aromatic heterocycles. The summed E-state index contributed by atoms with van der Waals surface area (Å²) in [5, 5.41) is 0.838. The number of aromatic nitrogens is 2. The van der Waals surface area contributed by atoms with Crippen molar-refractivity contribution in [3.05, 3.63) is 84.3 Å². The Hall–Kier alpha value is -2.64. The Morgan fingerprint density at radius 3 is 2.39 bits per heavy atom. The molecule has 0 unspecified atom stereocenters. The summed E-state index contributed by atoms with van der Waals surface area (Å²) in [6, 6.07) is 19.0. The number of hydrogen-bond acceptors (Lipinski definition) is 4. The smallest absolute Gasteiger partial charge is 0.175 e. The van der Waals surface area contributed by atoms with Crippen LogP contribution in [0.4, 0.5) is 4.39 Å². The van der Waals surface area contributed by atoms with E-state index >= 15 is 0 Å². The number of fused-ring (bicyclic) bond motifs is 1. The van der Waals surface area contributed by atoms with Gasteiger partial charge >= 0.3 is 0 Å². The van der Waals surface area contributed by atoms with Crippen LogP contribution in [0.5, 0.6) is 0 Å². The minimum Gasteiger partial charge on any atom is -0.298 e. The number of sulfone groups is 1. The molecule has 7 heteroatoms. The number of rotatable bonds is 5. The van der Waals surface area contributed by atoms with Crippen LogP contribution in [-0.2, 0) is 15.6 Å². The molecule has 0 fully saturated rings. The van der Waals surface area contributed by atoms with Crippen molar-refractivity contribution < 1.29 is 12.8 Å². The molecule has 0 bridgehead atoms. The first-order chi connectivity index (χ1) is 13.4.